The van der Waals surface area contributed by atoms with Crippen molar-refractivity contribution in [3.63, 3.8) is 0 Å². The van der Waals surface area contributed by atoms with E-state index in [1.54, 1.807) is 12.1 Å². The highest BCUT2D eigenvalue weighted by Crippen LogP contribution is 2.05. The Balaban J connectivity index is 2.67. The molecule has 0 aliphatic rings. The number of aliphatic carboxylic acids is 1. The second kappa shape index (κ2) is 7.66. The molecule has 0 saturated carbocycles. The van der Waals surface area contributed by atoms with Gasteiger partial charge in [-0.1, -0.05) is 12.1 Å². The number of sulfonamides is 1. The lowest BCUT2D eigenvalue weighted by atomic mass is 10.1. The molecule has 1 atom stereocenters. The van der Waals surface area contributed by atoms with E-state index in [1.807, 2.05) is 0 Å². The van der Waals surface area contributed by atoms with Crippen LogP contribution in [0.15, 0.2) is 24.3 Å². The standard InChI is InChI=1S/C13H16N2O6S/c1-22(20,21)14-7-9-2-4-10(5-3-9)13(19)15-11(8-16)6-12(17)18/h2-5,8,11,14H,6-7H2,1H3,(H,15,19)(H,17,18)/t11-/m0/s1. The van der Waals surface area contributed by atoms with Crippen molar-refractivity contribution in [3.8, 4) is 0 Å². The fraction of sp³-hybridized carbons (Fsp3) is 0.308. The minimum Gasteiger partial charge on any atom is -0.481 e. The third kappa shape index (κ3) is 6.46. The second-order valence-corrected chi connectivity index (χ2v) is 6.44. The van der Waals surface area contributed by atoms with Crippen LogP contribution in [0.4, 0.5) is 0 Å². The largest absolute Gasteiger partial charge is 0.481 e. The fourth-order valence-corrected chi connectivity index (χ4v) is 1.99. The molecule has 0 aliphatic heterocycles. The van der Waals surface area contributed by atoms with Crippen LogP contribution >= 0.6 is 0 Å². The van der Waals surface area contributed by atoms with E-state index in [1.165, 1.54) is 12.1 Å². The van der Waals surface area contributed by atoms with Gasteiger partial charge in [0, 0.05) is 12.1 Å². The van der Waals surface area contributed by atoms with Crippen LogP contribution < -0.4 is 10.0 Å². The predicted octanol–water partition coefficient (Wildman–Crippen LogP) is -0.492. The number of carbonyl (C=O) groups is 3. The first kappa shape index (κ1) is 17.8. The van der Waals surface area contributed by atoms with Crippen LogP contribution in [0.25, 0.3) is 0 Å². The Morgan fingerprint density at radius 3 is 2.32 bits per heavy atom. The number of amides is 1. The van der Waals surface area contributed by atoms with Gasteiger partial charge >= 0.3 is 5.97 Å². The molecule has 1 aromatic rings. The van der Waals surface area contributed by atoms with Crippen molar-refractivity contribution in [2.24, 2.45) is 0 Å². The van der Waals surface area contributed by atoms with Crippen molar-refractivity contribution < 1.29 is 27.9 Å². The molecule has 0 unspecified atom stereocenters. The number of benzene rings is 1. The van der Waals surface area contributed by atoms with Crippen molar-refractivity contribution in [3.05, 3.63) is 35.4 Å². The minimum absolute atomic E-state index is 0.0940. The molecule has 22 heavy (non-hydrogen) atoms. The van der Waals surface area contributed by atoms with Gasteiger partial charge in [0.05, 0.1) is 18.7 Å². The zero-order chi connectivity index (χ0) is 16.8. The summed E-state index contributed by atoms with van der Waals surface area (Å²) in [6.45, 7) is 0.0940. The number of carboxylic acids is 1. The van der Waals surface area contributed by atoms with Crippen molar-refractivity contribution in [2.75, 3.05) is 6.26 Å². The molecule has 0 fully saturated rings. The van der Waals surface area contributed by atoms with Crippen molar-refractivity contribution >= 4 is 28.2 Å². The molecule has 0 spiro atoms. The fourth-order valence-electron chi connectivity index (χ4n) is 1.56. The van der Waals surface area contributed by atoms with Gasteiger partial charge in [-0.05, 0) is 17.7 Å². The molecule has 0 radical (unpaired) electrons. The topological polar surface area (TPSA) is 130 Å². The summed E-state index contributed by atoms with van der Waals surface area (Å²) < 4.78 is 24.2. The van der Waals surface area contributed by atoms with Gasteiger partial charge in [-0.15, -0.1) is 0 Å². The molecule has 0 aliphatic carbocycles. The number of hydrogen-bond donors (Lipinski definition) is 3. The minimum atomic E-state index is -3.30. The molecule has 0 aromatic heterocycles. The molecular formula is C13H16N2O6S. The lowest BCUT2D eigenvalue weighted by Crippen LogP contribution is -2.37. The highest BCUT2D eigenvalue weighted by Gasteiger charge is 2.16. The molecule has 0 bridgehead atoms. The van der Waals surface area contributed by atoms with E-state index >= 15 is 0 Å². The Labute approximate surface area is 127 Å². The van der Waals surface area contributed by atoms with Gasteiger partial charge in [0.25, 0.3) is 5.91 Å². The van der Waals surface area contributed by atoms with Gasteiger partial charge in [-0.3, -0.25) is 9.59 Å². The average molecular weight is 328 g/mol. The molecule has 9 heteroatoms. The molecule has 1 rings (SSSR count). The van der Waals surface area contributed by atoms with Crippen LogP contribution in [0.5, 0.6) is 0 Å². The summed E-state index contributed by atoms with van der Waals surface area (Å²) in [5.41, 5.74) is 0.889. The summed E-state index contributed by atoms with van der Waals surface area (Å²) in [5, 5.41) is 10.9. The number of hydrogen-bond acceptors (Lipinski definition) is 5. The van der Waals surface area contributed by atoms with Crippen molar-refractivity contribution in [2.45, 2.75) is 19.0 Å². The Bertz CT molecular complexity index is 654. The second-order valence-electron chi connectivity index (χ2n) is 4.60. The zero-order valence-electron chi connectivity index (χ0n) is 11.8. The first-order chi connectivity index (χ1) is 10.2. The molecule has 0 saturated heterocycles. The zero-order valence-corrected chi connectivity index (χ0v) is 12.6. The summed E-state index contributed by atoms with van der Waals surface area (Å²) in [4.78, 5) is 33.1. The van der Waals surface area contributed by atoms with Crippen molar-refractivity contribution in [1.82, 2.24) is 10.0 Å². The first-order valence-electron chi connectivity index (χ1n) is 6.23. The van der Waals surface area contributed by atoms with Gasteiger partial charge in [-0.2, -0.15) is 0 Å². The highest BCUT2D eigenvalue weighted by atomic mass is 32.2. The Kier molecular flexibility index (Phi) is 6.20. The van der Waals surface area contributed by atoms with Gasteiger partial charge < -0.3 is 15.2 Å². The summed E-state index contributed by atoms with van der Waals surface area (Å²) in [7, 11) is -3.30. The maximum absolute atomic E-state index is 11.8. The lowest BCUT2D eigenvalue weighted by Gasteiger charge is -2.11. The molecule has 3 N–H and O–H groups in total. The van der Waals surface area contributed by atoms with E-state index in [2.05, 4.69) is 10.0 Å². The predicted molar refractivity (Wildman–Crippen MR) is 77.7 cm³/mol. The Hall–Kier alpha value is -2.26. The number of nitrogens with one attached hydrogen (secondary N) is 2. The molecule has 0 heterocycles. The molecule has 120 valence electrons. The van der Waals surface area contributed by atoms with E-state index in [9.17, 15) is 22.8 Å². The van der Waals surface area contributed by atoms with E-state index in [0.717, 1.165) is 6.26 Å². The Morgan fingerprint density at radius 2 is 1.86 bits per heavy atom. The maximum Gasteiger partial charge on any atom is 0.305 e. The van der Waals surface area contributed by atoms with Gasteiger partial charge in [-0.25, -0.2) is 13.1 Å². The summed E-state index contributed by atoms with van der Waals surface area (Å²) >= 11 is 0. The van der Waals surface area contributed by atoms with Crippen LogP contribution in [0.1, 0.15) is 22.3 Å². The lowest BCUT2D eigenvalue weighted by molar-refractivity contribution is -0.138. The molecule has 1 amide bonds. The van der Waals surface area contributed by atoms with Crippen LogP contribution in [-0.4, -0.2) is 44.0 Å². The van der Waals surface area contributed by atoms with Crippen LogP contribution in [-0.2, 0) is 26.2 Å². The highest BCUT2D eigenvalue weighted by molar-refractivity contribution is 7.88. The summed E-state index contributed by atoms with van der Waals surface area (Å²) in [5.74, 6) is -1.78. The Morgan fingerprint density at radius 1 is 1.27 bits per heavy atom. The van der Waals surface area contributed by atoms with Crippen LogP contribution in [0.3, 0.4) is 0 Å². The quantitative estimate of drug-likeness (QED) is 0.552. The summed E-state index contributed by atoms with van der Waals surface area (Å²) in [6, 6.07) is 4.92. The third-order valence-corrected chi connectivity index (χ3v) is 3.30. The normalized spacial score (nSPS) is 12.4. The smallest absolute Gasteiger partial charge is 0.305 e. The van der Waals surface area contributed by atoms with E-state index in [-0.39, 0.29) is 12.1 Å². The molecule has 8 nitrogen and oxygen atoms in total. The third-order valence-electron chi connectivity index (χ3n) is 2.63. The number of aldehydes is 1. The van der Waals surface area contributed by atoms with Crippen molar-refractivity contribution in [1.29, 1.82) is 0 Å². The average Bonchev–Trinajstić information content (AvgIpc) is 2.43. The SMILES string of the molecule is CS(=O)(=O)NCc1ccc(C(=O)N[C@H](C=O)CC(=O)O)cc1. The maximum atomic E-state index is 11.8. The number of rotatable bonds is 8. The van der Waals surface area contributed by atoms with E-state index < -0.39 is 34.4 Å². The van der Waals surface area contributed by atoms with E-state index in [4.69, 9.17) is 5.11 Å². The monoisotopic (exact) mass is 328 g/mol. The summed E-state index contributed by atoms with van der Waals surface area (Å²) in [6.07, 6.45) is 0.902. The first-order valence-corrected chi connectivity index (χ1v) is 8.12. The van der Waals surface area contributed by atoms with Crippen LogP contribution in [0.2, 0.25) is 0 Å². The van der Waals surface area contributed by atoms with Gasteiger partial charge in [0.2, 0.25) is 10.0 Å². The van der Waals surface area contributed by atoms with E-state index in [0.29, 0.717) is 11.8 Å². The molecule has 1 aromatic carbocycles. The van der Waals surface area contributed by atoms with Gasteiger partial charge in [0.15, 0.2) is 0 Å². The molecular weight excluding hydrogens is 312 g/mol. The van der Waals surface area contributed by atoms with Crippen LogP contribution in [0, 0.1) is 0 Å². The van der Waals surface area contributed by atoms with Gasteiger partial charge in [0.1, 0.15) is 6.29 Å². The number of carboxylic acid groups (broad SMARTS) is 1. The number of carbonyl (C=O) groups excluding carboxylic acids is 2.